The average Bonchev–Trinajstić information content (AvgIpc) is 3.38. The molecule has 0 aliphatic heterocycles. The van der Waals surface area contributed by atoms with Crippen LogP contribution in [0.3, 0.4) is 0 Å². The van der Waals surface area contributed by atoms with Crippen molar-refractivity contribution in [2.75, 3.05) is 0 Å². The maximum absolute atomic E-state index is 2.39. The van der Waals surface area contributed by atoms with E-state index in [0.717, 1.165) is 66.9 Å². The number of benzene rings is 10. The molecule has 0 fully saturated rings. The summed E-state index contributed by atoms with van der Waals surface area (Å²) in [4.78, 5) is 0. The van der Waals surface area contributed by atoms with Gasteiger partial charge in [-0.15, -0.1) is 0 Å². The molecule has 0 amide bonds. The van der Waals surface area contributed by atoms with E-state index in [9.17, 15) is 0 Å². The third-order valence-corrected chi connectivity index (χ3v) is 13.2. The predicted molar refractivity (Wildman–Crippen MR) is 289 cm³/mol. The van der Waals surface area contributed by atoms with Gasteiger partial charge in [-0.2, -0.15) is 0 Å². The van der Waals surface area contributed by atoms with Crippen molar-refractivity contribution >= 4 is 65.7 Å². The third kappa shape index (κ3) is 7.97. The number of hydrogen-bond acceptors (Lipinski definition) is 0. The van der Waals surface area contributed by atoms with Gasteiger partial charge in [-0.1, -0.05) is 109 Å². The van der Waals surface area contributed by atoms with E-state index in [1.54, 1.807) is 0 Å². The van der Waals surface area contributed by atoms with E-state index >= 15 is 0 Å². The maximum atomic E-state index is 2.39. The first-order chi connectivity index (χ1) is 33.4. The molecular formula is C64H52N4. The van der Waals surface area contributed by atoms with Crippen molar-refractivity contribution in [3.05, 3.63) is 265 Å². The molecule has 0 N–H and O–H groups in total. The van der Waals surface area contributed by atoms with Gasteiger partial charge < -0.3 is 18.3 Å². The predicted octanol–water partition coefficient (Wildman–Crippen LogP) is 16.9. The summed E-state index contributed by atoms with van der Waals surface area (Å²) in [6, 6.07) is 88.3. The van der Waals surface area contributed by atoms with E-state index in [-0.39, 0.29) is 0 Å². The monoisotopic (exact) mass is 876 g/mol. The first kappa shape index (κ1) is 42.1. The van der Waals surface area contributed by atoms with Crippen molar-refractivity contribution in [2.45, 2.75) is 27.7 Å². The second-order valence-electron chi connectivity index (χ2n) is 17.7. The first-order valence-electron chi connectivity index (χ1n) is 23.4. The Balaban J connectivity index is 1.31. The highest BCUT2D eigenvalue weighted by Gasteiger charge is 2.11. The van der Waals surface area contributed by atoms with E-state index in [0.29, 0.717) is 0 Å². The minimum Gasteiger partial charge on any atom is -0.310 e. The highest BCUT2D eigenvalue weighted by Crippen LogP contribution is 2.30. The summed E-state index contributed by atoms with van der Waals surface area (Å²) < 4.78 is 9.54. The van der Waals surface area contributed by atoms with Gasteiger partial charge in [-0.3, -0.25) is 0 Å². The summed E-state index contributed by atoms with van der Waals surface area (Å²) in [5.74, 6) is 0. The van der Waals surface area contributed by atoms with Crippen LogP contribution in [0.2, 0.25) is 0 Å². The molecule has 0 aliphatic carbocycles. The normalized spacial score (nSPS) is 11.2. The first-order valence-corrected chi connectivity index (χ1v) is 23.4. The van der Waals surface area contributed by atoms with E-state index in [1.807, 2.05) is 0 Å². The number of aryl methyl sites for hydroxylation is 4. The number of hydrogen-bond donors (Lipinski definition) is 0. The van der Waals surface area contributed by atoms with Gasteiger partial charge in [0.1, 0.15) is 0 Å². The molecule has 10 heterocycles. The number of aromatic nitrogens is 4. The van der Waals surface area contributed by atoms with Crippen LogP contribution in [0.4, 0.5) is 0 Å². The molecular weight excluding hydrogens is 825 g/mol. The topological polar surface area (TPSA) is 19.7 Å². The zero-order valence-electron chi connectivity index (χ0n) is 38.9. The highest BCUT2D eigenvalue weighted by atomic mass is 15.0. The average molecular weight is 877 g/mol. The summed E-state index contributed by atoms with van der Waals surface area (Å²) in [6.45, 7) is 8.92. The van der Waals surface area contributed by atoms with Gasteiger partial charge in [0.05, 0.1) is 0 Å². The molecule has 10 aromatic heterocycles. The number of para-hydroxylation sites is 4. The standard InChI is InChI=1S/C64H52N4/c1-45-39-49-31-35-61(45)65(53-19-9-5-10-20-53)57-27-17-28-58(43-57)66(54-21-11-6-12-22-54)63-37-33-51(41-47(63)3)52-34-38-64(48(4)42-52)68(56-25-15-8-16-26-56)60-30-18-29-59(44-60)67(55-23-13-7-14-24-55)62-36-32-50(49)40-46(62)2/h5-44H,1-4H3. The minimum absolute atomic E-state index is 1.08. The van der Waals surface area contributed by atoms with Gasteiger partial charge in [0.2, 0.25) is 0 Å². The molecule has 0 atom stereocenters. The van der Waals surface area contributed by atoms with Gasteiger partial charge >= 0.3 is 0 Å². The molecule has 68 heavy (non-hydrogen) atoms. The highest BCUT2D eigenvalue weighted by molar-refractivity contribution is 5.89. The summed E-state index contributed by atoms with van der Waals surface area (Å²) in [5, 5.41) is 4.69. The quantitative estimate of drug-likeness (QED) is 0.168. The SMILES string of the molecule is Cc1cc2ccc1n(-c1ccccc1)c1cccc(c1)n(-c1ccccc1)c1ccc(cc1C)c1ccc(c(C)c1)n(-c1ccccc1)c1cccc(c1)n(-c1ccccc1)c1ccc2cc1C. The van der Waals surface area contributed by atoms with Crippen LogP contribution in [-0.2, 0) is 0 Å². The van der Waals surface area contributed by atoms with E-state index in [2.05, 4.69) is 289 Å². The minimum atomic E-state index is 1.08. The Kier molecular flexibility index (Phi) is 11.1. The van der Waals surface area contributed by atoms with E-state index in [4.69, 9.17) is 0 Å². The summed E-state index contributed by atoms with van der Waals surface area (Å²) in [7, 11) is 0. The molecule has 10 aromatic carbocycles. The van der Waals surface area contributed by atoms with E-state index in [1.165, 1.54) is 43.8 Å². The van der Waals surface area contributed by atoms with Crippen LogP contribution in [0.5, 0.6) is 0 Å². The van der Waals surface area contributed by atoms with Crippen molar-refractivity contribution in [1.82, 2.24) is 18.3 Å². The van der Waals surface area contributed by atoms with Gasteiger partial charge in [-0.05, 0) is 205 Å². The van der Waals surface area contributed by atoms with Crippen LogP contribution in [-0.4, -0.2) is 18.3 Å². The molecule has 328 valence electrons. The Hall–Kier alpha value is -8.60. The van der Waals surface area contributed by atoms with Crippen molar-refractivity contribution < 1.29 is 0 Å². The maximum Gasteiger partial charge on any atom is 0.0491 e. The molecule has 12 bridgehead atoms. The van der Waals surface area contributed by atoms with Crippen LogP contribution in [0.15, 0.2) is 243 Å². The third-order valence-electron chi connectivity index (χ3n) is 13.2. The van der Waals surface area contributed by atoms with Crippen LogP contribution in [0.1, 0.15) is 22.3 Å². The second kappa shape index (κ2) is 18.0. The summed E-state index contributed by atoms with van der Waals surface area (Å²) >= 11 is 0. The summed E-state index contributed by atoms with van der Waals surface area (Å²) in [5.41, 5.74) is 17.9. The van der Waals surface area contributed by atoms with Crippen molar-refractivity contribution in [2.24, 2.45) is 0 Å². The Morgan fingerprint density at radius 2 is 0.426 bits per heavy atom. The molecule has 20 aromatic rings. The Bertz CT molecular complexity index is 3420. The number of rotatable bonds is 4. The molecule has 0 aliphatic rings. The molecule has 0 saturated carbocycles. The van der Waals surface area contributed by atoms with Gasteiger partial charge in [0.25, 0.3) is 0 Å². The molecule has 20 rings (SSSR count). The zero-order valence-corrected chi connectivity index (χ0v) is 38.9. The van der Waals surface area contributed by atoms with E-state index < -0.39 is 0 Å². The largest absolute Gasteiger partial charge is 0.310 e. The molecule has 0 spiro atoms. The lowest BCUT2D eigenvalue weighted by molar-refractivity contribution is 1.13. The molecule has 0 saturated heterocycles. The van der Waals surface area contributed by atoms with Crippen molar-refractivity contribution in [1.29, 1.82) is 0 Å². The molecule has 4 heteroatoms. The lowest BCUT2D eigenvalue weighted by atomic mass is 10.1. The van der Waals surface area contributed by atoms with Crippen molar-refractivity contribution in [3.8, 4) is 22.7 Å². The Labute approximate surface area is 397 Å². The fraction of sp³-hybridized carbons (Fsp3) is 0.0625. The summed E-state index contributed by atoms with van der Waals surface area (Å²) in [6.07, 6.45) is 0. The smallest absolute Gasteiger partial charge is 0.0491 e. The fourth-order valence-electron chi connectivity index (χ4n) is 9.90. The van der Waals surface area contributed by atoms with Gasteiger partial charge in [0.15, 0.2) is 0 Å². The molecule has 0 radical (unpaired) electrons. The van der Waals surface area contributed by atoms with Crippen LogP contribution in [0.25, 0.3) is 88.4 Å². The van der Waals surface area contributed by atoms with Crippen LogP contribution < -0.4 is 0 Å². The molecule has 0 unspecified atom stereocenters. The zero-order chi connectivity index (χ0) is 46.1. The van der Waals surface area contributed by atoms with Gasteiger partial charge in [0, 0.05) is 66.9 Å². The van der Waals surface area contributed by atoms with Crippen LogP contribution in [0, 0.1) is 27.7 Å². The lowest BCUT2D eigenvalue weighted by Crippen LogP contribution is -2.01. The Morgan fingerprint density at radius 1 is 0.206 bits per heavy atom. The fourth-order valence-corrected chi connectivity index (χ4v) is 9.90. The lowest BCUT2D eigenvalue weighted by Gasteiger charge is -2.17. The second-order valence-corrected chi connectivity index (χ2v) is 17.7. The number of nitrogens with zero attached hydrogens (tertiary/aromatic N) is 4. The van der Waals surface area contributed by atoms with Gasteiger partial charge in [-0.25, -0.2) is 0 Å². The van der Waals surface area contributed by atoms with Crippen LogP contribution >= 0.6 is 0 Å². The molecule has 4 nitrogen and oxygen atoms in total. The Morgan fingerprint density at radius 3 is 0.632 bits per heavy atom. The van der Waals surface area contributed by atoms with Crippen molar-refractivity contribution in [3.63, 3.8) is 0 Å².